The minimum absolute atomic E-state index is 0.0879. The van der Waals surface area contributed by atoms with Crippen LogP contribution in [0.4, 0.5) is 0 Å². The first-order valence-electron chi connectivity index (χ1n) is 6.72. The minimum atomic E-state index is 0.0879. The first-order valence-corrected chi connectivity index (χ1v) is 7.60. The van der Waals surface area contributed by atoms with E-state index >= 15 is 0 Å². The molecule has 1 aromatic rings. The summed E-state index contributed by atoms with van der Waals surface area (Å²) in [5, 5.41) is 13.6. The Kier molecular flexibility index (Phi) is 5.44. The fourth-order valence-electron chi connectivity index (χ4n) is 2.01. The van der Waals surface area contributed by atoms with Crippen LogP contribution in [0.3, 0.4) is 0 Å². The molecule has 0 bridgehead atoms. The molecule has 4 heteroatoms. The lowest BCUT2D eigenvalue weighted by molar-refractivity contribution is -0.122. The van der Waals surface area contributed by atoms with Crippen molar-refractivity contribution in [2.75, 3.05) is 6.61 Å². The predicted molar refractivity (Wildman–Crippen MR) is 76.7 cm³/mol. The van der Waals surface area contributed by atoms with E-state index in [1.165, 1.54) is 19.3 Å². The van der Waals surface area contributed by atoms with Crippen molar-refractivity contribution in [1.82, 2.24) is 5.32 Å². The zero-order chi connectivity index (χ0) is 13.5. The fraction of sp³-hybridized carbons (Fsp3) is 0.533. The van der Waals surface area contributed by atoms with Gasteiger partial charge in [0, 0.05) is 23.3 Å². The largest absolute Gasteiger partial charge is 0.395 e. The van der Waals surface area contributed by atoms with Gasteiger partial charge in [-0.05, 0) is 30.2 Å². The summed E-state index contributed by atoms with van der Waals surface area (Å²) in [5.41, 5.74) is 0.961. The van der Waals surface area contributed by atoms with Crippen molar-refractivity contribution in [3.8, 4) is 11.8 Å². The summed E-state index contributed by atoms with van der Waals surface area (Å²) in [4.78, 5) is 12.8. The Balaban J connectivity index is 1.80. The number of carbonyl (C=O) groups is 1. The van der Waals surface area contributed by atoms with E-state index in [1.807, 2.05) is 11.4 Å². The number of aliphatic hydroxyl groups is 1. The van der Waals surface area contributed by atoms with Gasteiger partial charge in [-0.25, -0.2) is 0 Å². The molecule has 0 saturated heterocycles. The number of rotatable bonds is 5. The van der Waals surface area contributed by atoms with Crippen LogP contribution in [0.5, 0.6) is 0 Å². The van der Waals surface area contributed by atoms with Crippen molar-refractivity contribution in [3.05, 3.63) is 21.9 Å². The van der Waals surface area contributed by atoms with Crippen LogP contribution in [-0.4, -0.2) is 17.6 Å². The molecule has 1 saturated carbocycles. The average molecular weight is 277 g/mol. The van der Waals surface area contributed by atoms with Crippen LogP contribution in [0.2, 0.25) is 0 Å². The molecule has 0 spiro atoms. The van der Waals surface area contributed by atoms with Crippen LogP contribution in [0, 0.1) is 17.8 Å². The molecule has 1 amide bonds. The Labute approximate surface area is 118 Å². The molecule has 0 unspecified atom stereocenters. The SMILES string of the molecule is O=C(CC1CCC1)NCc1sccc1C#CCCO. The Hall–Kier alpha value is -1.31. The summed E-state index contributed by atoms with van der Waals surface area (Å²) < 4.78 is 0. The van der Waals surface area contributed by atoms with Crippen molar-refractivity contribution in [1.29, 1.82) is 0 Å². The van der Waals surface area contributed by atoms with Crippen molar-refractivity contribution in [2.45, 2.75) is 38.6 Å². The van der Waals surface area contributed by atoms with Crippen molar-refractivity contribution >= 4 is 17.2 Å². The first kappa shape index (κ1) is 14.1. The zero-order valence-electron chi connectivity index (χ0n) is 10.9. The molecule has 102 valence electrons. The lowest BCUT2D eigenvalue weighted by atomic mass is 9.83. The Morgan fingerprint density at radius 3 is 3.05 bits per heavy atom. The third-order valence-electron chi connectivity index (χ3n) is 3.35. The van der Waals surface area contributed by atoms with Gasteiger partial charge >= 0.3 is 0 Å². The molecule has 0 radical (unpaired) electrons. The molecule has 1 aliphatic rings. The predicted octanol–water partition coefficient (Wildman–Crippen LogP) is 2.29. The lowest BCUT2D eigenvalue weighted by Crippen LogP contribution is -2.27. The normalized spacial score (nSPS) is 14.4. The molecule has 19 heavy (non-hydrogen) atoms. The van der Waals surface area contributed by atoms with Gasteiger partial charge in [-0.1, -0.05) is 18.3 Å². The van der Waals surface area contributed by atoms with Gasteiger partial charge in [0.2, 0.25) is 5.91 Å². The highest BCUT2D eigenvalue weighted by atomic mass is 32.1. The van der Waals surface area contributed by atoms with Gasteiger partial charge in [0.25, 0.3) is 0 Å². The monoisotopic (exact) mass is 277 g/mol. The Morgan fingerprint density at radius 2 is 2.37 bits per heavy atom. The van der Waals surface area contributed by atoms with Crippen LogP contribution < -0.4 is 5.32 Å². The number of hydrogen-bond acceptors (Lipinski definition) is 3. The zero-order valence-corrected chi connectivity index (χ0v) is 11.8. The van der Waals surface area contributed by atoms with Gasteiger partial charge in [0.05, 0.1) is 13.2 Å². The second-order valence-corrected chi connectivity index (χ2v) is 5.81. The molecule has 0 aliphatic heterocycles. The van der Waals surface area contributed by atoms with Gasteiger partial charge in [-0.15, -0.1) is 11.3 Å². The van der Waals surface area contributed by atoms with Crippen LogP contribution in [-0.2, 0) is 11.3 Å². The van der Waals surface area contributed by atoms with E-state index in [-0.39, 0.29) is 12.5 Å². The number of carbonyl (C=O) groups excluding carboxylic acids is 1. The highest BCUT2D eigenvalue weighted by Gasteiger charge is 2.20. The number of amides is 1. The quantitative estimate of drug-likeness (QED) is 0.811. The van der Waals surface area contributed by atoms with E-state index in [0.29, 0.717) is 25.3 Å². The standard InChI is InChI=1S/C15H19NO2S/c17-8-2-1-6-13-7-9-19-14(13)11-16-15(18)10-12-4-3-5-12/h7,9,12,17H,2-5,8,10-11H2,(H,16,18). The highest BCUT2D eigenvalue weighted by molar-refractivity contribution is 7.10. The topological polar surface area (TPSA) is 49.3 Å². The van der Waals surface area contributed by atoms with Crippen LogP contribution in [0.15, 0.2) is 11.4 Å². The van der Waals surface area contributed by atoms with Gasteiger partial charge in [-0.3, -0.25) is 4.79 Å². The Morgan fingerprint density at radius 1 is 1.53 bits per heavy atom. The summed E-state index contributed by atoms with van der Waals surface area (Å²) in [7, 11) is 0. The molecule has 1 heterocycles. The number of thiophene rings is 1. The molecule has 1 aromatic heterocycles. The van der Waals surface area contributed by atoms with E-state index in [2.05, 4.69) is 17.2 Å². The third kappa shape index (κ3) is 4.38. The summed E-state index contributed by atoms with van der Waals surface area (Å²) in [6.45, 7) is 0.650. The first-order chi connectivity index (χ1) is 9.29. The molecular formula is C15H19NO2S. The molecule has 2 N–H and O–H groups in total. The third-order valence-corrected chi connectivity index (χ3v) is 4.27. The van der Waals surface area contributed by atoms with Gasteiger partial charge < -0.3 is 10.4 Å². The maximum absolute atomic E-state index is 11.7. The van der Waals surface area contributed by atoms with Crippen LogP contribution in [0.1, 0.15) is 42.5 Å². The second kappa shape index (κ2) is 7.32. The van der Waals surface area contributed by atoms with Crippen LogP contribution >= 0.6 is 11.3 Å². The molecule has 3 nitrogen and oxygen atoms in total. The number of nitrogens with one attached hydrogen (secondary N) is 1. The van der Waals surface area contributed by atoms with E-state index < -0.39 is 0 Å². The molecule has 1 aliphatic carbocycles. The second-order valence-electron chi connectivity index (χ2n) is 4.81. The van der Waals surface area contributed by atoms with Crippen molar-refractivity contribution < 1.29 is 9.90 Å². The minimum Gasteiger partial charge on any atom is -0.395 e. The van der Waals surface area contributed by atoms with E-state index in [0.717, 1.165) is 10.4 Å². The van der Waals surface area contributed by atoms with Gasteiger partial charge in [0.1, 0.15) is 0 Å². The smallest absolute Gasteiger partial charge is 0.220 e. The molecule has 2 rings (SSSR count). The molecule has 0 atom stereocenters. The maximum atomic E-state index is 11.7. The van der Waals surface area contributed by atoms with Crippen LogP contribution in [0.25, 0.3) is 0 Å². The molecule has 0 aromatic carbocycles. The van der Waals surface area contributed by atoms with Crippen molar-refractivity contribution in [3.63, 3.8) is 0 Å². The summed E-state index contributed by atoms with van der Waals surface area (Å²) in [6, 6.07) is 1.96. The van der Waals surface area contributed by atoms with Gasteiger partial charge in [-0.2, -0.15) is 0 Å². The highest BCUT2D eigenvalue weighted by Crippen LogP contribution is 2.29. The van der Waals surface area contributed by atoms with E-state index in [9.17, 15) is 4.79 Å². The lowest BCUT2D eigenvalue weighted by Gasteiger charge is -2.24. The average Bonchev–Trinajstić information content (AvgIpc) is 2.79. The fourth-order valence-corrected chi connectivity index (χ4v) is 2.78. The Bertz CT molecular complexity index is 480. The molecular weight excluding hydrogens is 258 g/mol. The maximum Gasteiger partial charge on any atom is 0.220 e. The van der Waals surface area contributed by atoms with Crippen molar-refractivity contribution in [2.24, 2.45) is 5.92 Å². The van der Waals surface area contributed by atoms with E-state index in [4.69, 9.17) is 5.11 Å². The number of hydrogen-bond donors (Lipinski definition) is 2. The summed E-state index contributed by atoms with van der Waals surface area (Å²) in [5.74, 6) is 6.69. The summed E-state index contributed by atoms with van der Waals surface area (Å²) >= 11 is 1.61. The van der Waals surface area contributed by atoms with Gasteiger partial charge in [0.15, 0.2) is 0 Å². The summed E-state index contributed by atoms with van der Waals surface area (Å²) in [6.07, 6.45) is 4.82. The molecule has 1 fully saturated rings. The number of aliphatic hydroxyl groups excluding tert-OH is 1. The van der Waals surface area contributed by atoms with E-state index in [1.54, 1.807) is 11.3 Å².